The number of carbonyl (C=O) groups is 3. The van der Waals surface area contributed by atoms with Crippen LogP contribution in [0.1, 0.15) is 35.9 Å². The molecule has 0 aliphatic rings. The van der Waals surface area contributed by atoms with Crippen LogP contribution in [0.4, 0.5) is 18.0 Å². The second-order valence-corrected chi connectivity index (χ2v) is 10.7. The zero-order chi connectivity index (χ0) is 29.9. The molecule has 0 aliphatic heterocycles. The lowest BCUT2D eigenvalue weighted by Gasteiger charge is -2.23. The molecule has 1 amide bonds. The molecular weight excluding hydrogens is 562 g/mol. The van der Waals surface area contributed by atoms with Crippen molar-refractivity contribution in [1.29, 1.82) is 0 Å². The minimum absolute atomic E-state index is 0.00748. The van der Waals surface area contributed by atoms with Crippen LogP contribution in [0.2, 0.25) is 0 Å². The van der Waals surface area contributed by atoms with E-state index in [-0.39, 0.29) is 13.2 Å². The number of ether oxygens (including phenoxy) is 4. The number of hydrogen-bond acceptors (Lipinski definition) is 9. The van der Waals surface area contributed by atoms with Crippen LogP contribution in [0.3, 0.4) is 0 Å². The van der Waals surface area contributed by atoms with Gasteiger partial charge in [-0.05, 0) is 36.6 Å². The molecule has 0 spiro atoms. The van der Waals surface area contributed by atoms with Gasteiger partial charge in [-0.3, -0.25) is 4.57 Å². The van der Waals surface area contributed by atoms with Crippen LogP contribution in [0.25, 0.3) is 0 Å². The molecule has 0 saturated carbocycles. The number of nitrogens with one attached hydrogen (secondary N) is 1. The summed E-state index contributed by atoms with van der Waals surface area (Å²) in [7, 11) is -3.65. The zero-order valence-electron chi connectivity index (χ0n) is 21.6. The van der Waals surface area contributed by atoms with Gasteiger partial charge in [-0.1, -0.05) is 36.4 Å². The molecule has 0 saturated heterocycles. The van der Waals surface area contributed by atoms with Crippen molar-refractivity contribution in [2.75, 3.05) is 26.5 Å². The normalized spacial score (nSPS) is 14.3. The molecule has 11 nitrogen and oxygen atoms in total. The summed E-state index contributed by atoms with van der Waals surface area (Å²) in [6, 6.07) is 9.28. The Balaban J connectivity index is 2.12. The van der Waals surface area contributed by atoms with E-state index in [0.717, 1.165) is 19.2 Å². The number of halogens is 3. The summed E-state index contributed by atoms with van der Waals surface area (Å²) in [4.78, 5) is 46.2. The molecule has 40 heavy (non-hydrogen) atoms. The third kappa shape index (κ3) is 9.85. The summed E-state index contributed by atoms with van der Waals surface area (Å²) in [5.74, 6) is -4.92. The number of hydrogen-bond donors (Lipinski definition) is 3. The molecule has 3 N–H and O–H groups in total. The van der Waals surface area contributed by atoms with Crippen molar-refractivity contribution in [3.8, 4) is 5.75 Å². The number of methoxy groups -OCH3 is 1. The monoisotopic (exact) mass is 591 g/mol. The van der Waals surface area contributed by atoms with Crippen molar-refractivity contribution < 1.29 is 61.1 Å². The van der Waals surface area contributed by atoms with Crippen molar-refractivity contribution in [1.82, 2.24) is 5.32 Å². The topological polar surface area (TPSA) is 158 Å². The number of rotatable bonds is 13. The van der Waals surface area contributed by atoms with Crippen LogP contribution in [-0.4, -0.2) is 60.6 Å². The maximum absolute atomic E-state index is 13.6. The number of amides is 1. The van der Waals surface area contributed by atoms with Crippen molar-refractivity contribution in [2.24, 2.45) is 0 Å². The van der Waals surface area contributed by atoms with Gasteiger partial charge in [0.15, 0.2) is 12.5 Å². The quantitative estimate of drug-likeness (QED) is 0.178. The molecular formula is C25H29F3NO10P. The van der Waals surface area contributed by atoms with Crippen molar-refractivity contribution in [3.63, 3.8) is 0 Å². The molecule has 0 aliphatic carbocycles. The number of aliphatic hydroxyl groups excluding tert-OH is 1. The van der Waals surface area contributed by atoms with Crippen LogP contribution < -0.4 is 10.1 Å². The number of alkyl carbamates (subject to hydrolysis) is 1. The molecule has 0 aromatic heterocycles. The lowest BCUT2D eigenvalue weighted by atomic mass is 10.1. The lowest BCUT2D eigenvalue weighted by molar-refractivity contribution is -0.147. The SMILES string of the molecule is CCOC(=O)COc1ccc(C(O)P(=O)(O)CCC(NC(=O)OCc2ccccc2)C(=O)OC)cc1C(F)(F)F. The van der Waals surface area contributed by atoms with Gasteiger partial charge in [-0.2, -0.15) is 13.2 Å². The Kier molecular flexibility index (Phi) is 12.0. The predicted molar refractivity (Wildman–Crippen MR) is 133 cm³/mol. The Morgan fingerprint density at radius 2 is 1.75 bits per heavy atom. The van der Waals surface area contributed by atoms with Crippen LogP contribution in [0.15, 0.2) is 48.5 Å². The first-order valence-electron chi connectivity index (χ1n) is 11.8. The highest BCUT2D eigenvalue weighted by Gasteiger charge is 2.38. The summed E-state index contributed by atoms with van der Waals surface area (Å²) in [5, 5.41) is 12.7. The molecule has 0 heterocycles. The third-order valence-corrected chi connectivity index (χ3v) is 7.33. The van der Waals surface area contributed by atoms with E-state index < -0.39 is 79.5 Å². The van der Waals surface area contributed by atoms with Crippen molar-refractivity contribution in [2.45, 2.75) is 38.0 Å². The van der Waals surface area contributed by atoms with E-state index in [1.165, 1.54) is 6.92 Å². The maximum Gasteiger partial charge on any atom is 0.419 e. The van der Waals surface area contributed by atoms with Crippen LogP contribution in [0, 0.1) is 0 Å². The summed E-state index contributed by atoms with van der Waals surface area (Å²) in [5.41, 5.74) is -1.30. The minimum atomic E-state index is -5.00. The first-order valence-corrected chi connectivity index (χ1v) is 13.7. The highest BCUT2D eigenvalue weighted by atomic mass is 31.2. The van der Waals surface area contributed by atoms with E-state index >= 15 is 0 Å². The Labute approximate surface area is 227 Å². The summed E-state index contributed by atoms with van der Waals surface area (Å²) >= 11 is 0. The Morgan fingerprint density at radius 3 is 2.35 bits per heavy atom. The first-order chi connectivity index (χ1) is 18.8. The molecule has 2 aromatic carbocycles. The highest BCUT2D eigenvalue weighted by Crippen LogP contribution is 2.55. The number of carbonyl (C=O) groups excluding carboxylic acids is 3. The Hall–Kier alpha value is -3.61. The average molecular weight is 591 g/mol. The summed E-state index contributed by atoms with van der Waals surface area (Å²) < 4.78 is 72.9. The Bertz CT molecular complexity index is 1210. The van der Waals surface area contributed by atoms with Gasteiger partial charge in [0, 0.05) is 6.16 Å². The molecule has 3 unspecified atom stereocenters. The van der Waals surface area contributed by atoms with E-state index in [4.69, 9.17) is 9.47 Å². The second kappa shape index (κ2) is 14.7. The highest BCUT2D eigenvalue weighted by molar-refractivity contribution is 7.58. The van der Waals surface area contributed by atoms with Gasteiger partial charge >= 0.3 is 24.2 Å². The molecule has 0 bridgehead atoms. The van der Waals surface area contributed by atoms with Gasteiger partial charge < -0.3 is 34.3 Å². The average Bonchev–Trinajstić information content (AvgIpc) is 2.92. The smallest absolute Gasteiger partial charge is 0.419 e. The zero-order valence-corrected chi connectivity index (χ0v) is 22.4. The van der Waals surface area contributed by atoms with Crippen molar-refractivity contribution in [3.05, 3.63) is 65.2 Å². The number of benzene rings is 2. The number of esters is 2. The van der Waals surface area contributed by atoms with E-state index in [2.05, 4.69) is 14.8 Å². The van der Waals surface area contributed by atoms with Gasteiger partial charge in [-0.15, -0.1) is 0 Å². The Morgan fingerprint density at radius 1 is 1.07 bits per heavy atom. The van der Waals surface area contributed by atoms with Crippen LogP contribution >= 0.6 is 7.37 Å². The fourth-order valence-electron chi connectivity index (χ4n) is 3.36. The second-order valence-electron chi connectivity index (χ2n) is 8.27. The largest absolute Gasteiger partial charge is 0.481 e. The predicted octanol–water partition coefficient (Wildman–Crippen LogP) is 3.77. The van der Waals surface area contributed by atoms with Gasteiger partial charge in [-0.25, -0.2) is 14.4 Å². The molecule has 0 radical (unpaired) electrons. The van der Waals surface area contributed by atoms with Gasteiger partial charge in [0.05, 0.1) is 19.3 Å². The standard InChI is InChI=1S/C25H29F3NO10P/c1-3-37-21(30)15-38-20-10-9-17(13-18(20)25(26,27)28)23(32)40(34,35)12-11-19(22(31)36-2)29-24(33)39-14-16-7-5-4-6-8-16/h4-10,13,19,23,32H,3,11-12,14-15H2,1-2H3,(H,29,33)(H,34,35). The molecule has 15 heteroatoms. The van der Waals surface area contributed by atoms with Crippen molar-refractivity contribution >= 4 is 25.4 Å². The summed E-state index contributed by atoms with van der Waals surface area (Å²) in [6.07, 6.45) is -7.32. The molecule has 2 rings (SSSR count). The van der Waals surface area contributed by atoms with Crippen LogP contribution in [-0.2, 0) is 41.1 Å². The van der Waals surface area contributed by atoms with E-state index in [1.54, 1.807) is 30.3 Å². The molecule has 220 valence electrons. The molecule has 0 fully saturated rings. The summed E-state index contributed by atoms with van der Waals surface area (Å²) in [6.45, 7) is 0.557. The lowest BCUT2D eigenvalue weighted by Crippen LogP contribution is -2.42. The maximum atomic E-state index is 13.6. The first kappa shape index (κ1) is 32.6. The van der Waals surface area contributed by atoms with E-state index in [0.29, 0.717) is 11.6 Å². The van der Waals surface area contributed by atoms with Gasteiger partial charge in [0.1, 0.15) is 18.4 Å². The van der Waals surface area contributed by atoms with Gasteiger partial charge in [0.25, 0.3) is 0 Å². The fourth-order valence-corrected chi connectivity index (χ4v) is 4.86. The van der Waals surface area contributed by atoms with Gasteiger partial charge in [0.2, 0.25) is 7.37 Å². The molecule has 3 atom stereocenters. The third-order valence-electron chi connectivity index (χ3n) is 5.37. The number of aliphatic hydroxyl groups is 1. The van der Waals surface area contributed by atoms with E-state index in [9.17, 15) is 42.1 Å². The van der Waals surface area contributed by atoms with E-state index in [1.807, 2.05) is 0 Å². The number of alkyl halides is 3. The molecule has 2 aromatic rings. The minimum Gasteiger partial charge on any atom is -0.481 e. The fraction of sp³-hybridized carbons (Fsp3) is 0.400. The van der Waals surface area contributed by atoms with Crippen LogP contribution in [0.5, 0.6) is 5.75 Å².